The molecule has 190 valence electrons. The average Bonchev–Trinajstić information content (AvgIpc) is 2.80. The van der Waals surface area contributed by atoms with Crippen LogP contribution in [0.4, 0.5) is 0 Å². The van der Waals surface area contributed by atoms with Crippen LogP contribution in [0.1, 0.15) is 35.7 Å². The van der Waals surface area contributed by atoms with Crippen LogP contribution in [-0.2, 0) is 35.1 Å². The largest absolute Gasteiger partial charge is 0.508 e. The van der Waals surface area contributed by atoms with Crippen molar-refractivity contribution in [3.63, 3.8) is 0 Å². The second-order valence-electron chi connectivity index (χ2n) is 7.40. The van der Waals surface area contributed by atoms with Crippen molar-refractivity contribution >= 4 is 23.6 Å². The van der Waals surface area contributed by atoms with E-state index in [1.165, 1.54) is 13.2 Å². The molecule has 1 amide bonds. The molecule has 35 heavy (non-hydrogen) atoms. The molecule has 2 rings (SSSR count). The van der Waals surface area contributed by atoms with Crippen LogP contribution in [0.2, 0.25) is 0 Å². The van der Waals surface area contributed by atoms with Gasteiger partial charge in [-0.3, -0.25) is 4.79 Å². The number of carbonyl (C=O) groups is 3. The van der Waals surface area contributed by atoms with E-state index in [1.54, 1.807) is 31.2 Å². The Bertz CT molecular complexity index is 985. The van der Waals surface area contributed by atoms with Gasteiger partial charge in [0.05, 0.1) is 25.5 Å². The number of carbonyl (C=O) groups excluding carboxylic acids is 3. The predicted molar refractivity (Wildman–Crippen MR) is 125 cm³/mol. The molecular weight excluding hydrogens is 460 g/mol. The molecule has 11 heteroatoms. The molecule has 0 spiro atoms. The Morgan fingerprint density at radius 2 is 2.03 bits per heavy atom. The minimum absolute atomic E-state index is 0.0260. The number of nitrogens with one attached hydrogen (secondary N) is 1. The van der Waals surface area contributed by atoms with Crippen molar-refractivity contribution in [2.24, 2.45) is 5.16 Å². The minimum atomic E-state index is -0.770. The summed E-state index contributed by atoms with van der Waals surface area (Å²) >= 11 is 0. The molecule has 0 aliphatic carbocycles. The first-order valence-corrected chi connectivity index (χ1v) is 11.0. The highest BCUT2D eigenvalue weighted by molar-refractivity contribution is 6.00. The number of phenols is 2. The van der Waals surface area contributed by atoms with Gasteiger partial charge in [-0.2, -0.15) is 0 Å². The van der Waals surface area contributed by atoms with E-state index in [0.29, 0.717) is 25.1 Å². The van der Waals surface area contributed by atoms with Crippen molar-refractivity contribution in [2.75, 3.05) is 33.5 Å². The lowest BCUT2D eigenvalue weighted by molar-refractivity contribution is -0.147. The summed E-state index contributed by atoms with van der Waals surface area (Å²) in [6.45, 7) is 1.68. The summed E-state index contributed by atoms with van der Waals surface area (Å²) in [5, 5.41) is 26.8. The summed E-state index contributed by atoms with van der Waals surface area (Å²) < 4.78 is 15.4. The number of allylic oxidation sites excluding steroid dienone is 1. The fourth-order valence-electron chi connectivity index (χ4n) is 3.10. The summed E-state index contributed by atoms with van der Waals surface area (Å²) in [5.41, 5.74) is 0.442. The Labute approximate surface area is 203 Å². The molecule has 1 aromatic carbocycles. The number of rotatable bonds is 7. The molecule has 1 aliphatic heterocycles. The van der Waals surface area contributed by atoms with E-state index in [-0.39, 0.29) is 49.0 Å². The first-order chi connectivity index (χ1) is 16.8. The molecule has 0 fully saturated rings. The van der Waals surface area contributed by atoms with Gasteiger partial charge in [0.2, 0.25) is 0 Å². The van der Waals surface area contributed by atoms with Gasteiger partial charge in [-0.15, -0.1) is 0 Å². The number of amides is 1. The van der Waals surface area contributed by atoms with Gasteiger partial charge in [0.15, 0.2) is 6.61 Å². The molecule has 1 heterocycles. The molecule has 1 aliphatic rings. The molecule has 0 saturated carbocycles. The van der Waals surface area contributed by atoms with Gasteiger partial charge in [0, 0.05) is 19.0 Å². The molecule has 0 aromatic heterocycles. The molecule has 1 unspecified atom stereocenters. The Morgan fingerprint density at radius 3 is 2.77 bits per heavy atom. The van der Waals surface area contributed by atoms with E-state index >= 15 is 0 Å². The van der Waals surface area contributed by atoms with E-state index < -0.39 is 23.8 Å². The number of benzene rings is 1. The van der Waals surface area contributed by atoms with Crippen molar-refractivity contribution in [3.8, 4) is 11.5 Å². The molecule has 0 saturated heterocycles. The van der Waals surface area contributed by atoms with Gasteiger partial charge >= 0.3 is 11.9 Å². The Kier molecular flexibility index (Phi) is 11.3. The van der Waals surface area contributed by atoms with Crippen LogP contribution < -0.4 is 5.32 Å². The summed E-state index contributed by atoms with van der Waals surface area (Å²) in [7, 11) is 1.26. The van der Waals surface area contributed by atoms with Crippen molar-refractivity contribution in [1.82, 2.24) is 5.32 Å². The summed E-state index contributed by atoms with van der Waals surface area (Å²) in [6, 6.07) is 2.36. The maximum atomic E-state index is 12.7. The maximum Gasteiger partial charge on any atom is 0.342 e. The number of cyclic esters (lactones) is 1. The number of esters is 2. The third-order valence-corrected chi connectivity index (χ3v) is 4.70. The average molecular weight is 491 g/mol. The SMILES string of the molecule is CCNC(=O)CO/N=C1\C=C\CC(OCC(=O)OC)/C=C/CCOC(=O)c2c(O)cc(O)cc2C1. The van der Waals surface area contributed by atoms with E-state index in [0.717, 1.165) is 6.07 Å². The van der Waals surface area contributed by atoms with E-state index in [2.05, 4.69) is 15.2 Å². The number of hydrogen-bond acceptors (Lipinski definition) is 10. The first-order valence-electron chi connectivity index (χ1n) is 11.0. The number of nitrogens with zero attached hydrogens (tertiary/aromatic N) is 1. The molecular formula is C24H30N2O9. The smallest absolute Gasteiger partial charge is 0.342 e. The van der Waals surface area contributed by atoms with Crippen LogP contribution >= 0.6 is 0 Å². The zero-order valence-corrected chi connectivity index (χ0v) is 19.7. The Balaban J connectivity index is 2.35. The quantitative estimate of drug-likeness (QED) is 0.295. The Morgan fingerprint density at radius 1 is 1.23 bits per heavy atom. The van der Waals surface area contributed by atoms with Gasteiger partial charge in [0.25, 0.3) is 5.91 Å². The monoisotopic (exact) mass is 490 g/mol. The lowest BCUT2D eigenvalue weighted by Crippen LogP contribution is -2.26. The molecule has 1 aromatic rings. The van der Waals surface area contributed by atoms with Crippen molar-refractivity contribution < 1.29 is 43.6 Å². The van der Waals surface area contributed by atoms with Crippen LogP contribution in [0.3, 0.4) is 0 Å². The molecule has 0 radical (unpaired) electrons. The van der Waals surface area contributed by atoms with E-state index in [9.17, 15) is 24.6 Å². The standard InChI is InChI=1S/C24H30N2O9/c1-3-25-21(29)14-35-26-17-7-6-9-19(34-15-22(30)32-2)8-4-5-10-33-24(31)23-16(11-17)12-18(27)13-20(23)28/h4,6-8,12-13,19,27-28H,3,5,9-11,14-15H2,1-2H3,(H,25,29)/b7-6+,8-4+,26-17+. The highest BCUT2D eigenvalue weighted by Gasteiger charge is 2.21. The van der Waals surface area contributed by atoms with E-state index in [1.807, 2.05) is 0 Å². The number of fused-ring (bicyclic) bond motifs is 1. The van der Waals surface area contributed by atoms with Gasteiger partial charge in [0.1, 0.15) is 23.7 Å². The maximum absolute atomic E-state index is 12.7. The van der Waals surface area contributed by atoms with Gasteiger partial charge in [-0.1, -0.05) is 23.4 Å². The normalized spacial score (nSPS) is 19.5. The highest BCUT2D eigenvalue weighted by atomic mass is 16.6. The Hall–Kier alpha value is -3.86. The number of methoxy groups -OCH3 is 1. The van der Waals surface area contributed by atoms with Crippen molar-refractivity contribution in [1.29, 1.82) is 0 Å². The summed E-state index contributed by atoms with van der Waals surface area (Å²) in [6.07, 6.45) is 7.05. The lowest BCUT2D eigenvalue weighted by Gasteiger charge is -2.14. The number of oxime groups is 1. The van der Waals surface area contributed by atoms with Crippen LogP contribution in [0.25, 0.3) is 0 Å². The number of likely N-dealkylation sites (N-methyl/N-ethyl adjacent to an activating group) is 1. The second-order valence-corrected chi connectivity index (χ2v) is 7.40. The van der Waals surface area contributed by atoms with E-state index in [4.69, 9.17) is 14.3 Å². The van der Waals surface area contributed by atoms with Gasteiger partial charge in [-0.05, 0) is 37.5 Å². The first kappa shape index (κ1) is 27.4. The number of ether oxygens (including phenoxy) is 3. The zero-order valence-electron chi connectivity index (χ0n) is 19.7. The topological polar surface area (TPSA) is 153 Å². The lowest BCUT2D eigenvalue weighted by atomic mass is 9.99. The van der Waals surface area contributed by atoms with Crippen molar-refractivity contribution in [3.05, 3.63) is 47.6 Å². The minimum Gasteiger partial charge on any atom is -0.508 e. The molecule has 0 bridgehead atoms. The van der Waals surface area contributed by atoms with Crippen molar-refractivity contribution in [2.45, 2.75) is 32.3 Å². The zero-order chi connectivity index (χ0) is 25.6. The van der Waals surface area contributed by atoms with Crippen LogP contribution in [0, 0.1) is 0 Å². The summed E-state index contributed by atoms with van der Waals surface area (Å²) in [5.74, 6) is -2.33. The van der Waals surface area contributed by atoms with Gasteiger partial charge in [-0.25, -0.2) is 9.59 Å². The van der Waals surface area contributed by atoms with Gasteiger partial charge < -0.3 is 34.6 Å². The number of phenolic OH excluding ortho intramolecular Hbond substituents is 2. The molecule has 11 nitrogen and oxygen atoms in total. The third kappa shape index (κ3) is 9.49. The number of aromatic hydroxyl groups is 2. The summed E-state index contributed by atoms with van der Waals surface area (Å²) in [4.78, 5) is 40.9. The third-order valence-electron chi connectivity index (χ3n) is 4.70. The van der Waals surface area contributed by atoms with Crippen LogP contribution in [-0.4, -0.2) is 73.3 Å². The molecule has 3 N–H and O–H groups in total. The fourth-order valence-corrected chi connectivity index (χ4v) is 3.10. The van der Waals surface area contributed by atoms with Crippen LogP contribution in [0.15, 0.2) is 41.6 Å². The molecule has 1 atom stereocenters. The predicted octanol–water partition coefficient (Wildman–Crippen LogP) is 1.77. The second kappa shape index (κ2) is 14.4. The highest BCUT2D eigenvalue weighted by Crippen LogP contribution is 2.29. The number of hydrogen-bond donors (Lipinski definition) is 3. The van der Waals surface area contributed by atoms with Crippen LogP contribution in [0.5, 0.6) is 11.5 Å². The fraction of sp³-hybridized carbons (Fsp3) is 0.417.